The second-order valence-corrected chi connectivity index (χ2v) is 6.08. The predicted molar refractivity (Wildman–Crippen MR) is 61.8 cm³/mol. The van der Waals surface area contributed by atoms with E-state index in [2.05, 4.69) is 13.5 Å². The van der Waals surface area contributed by atoms with Gasteiger partial charge in [-0.05, 0) is 49.4 Å². The highest BCUT2D eigenvalue weighted by Gasteiger charge is 2.59. The van der Waals surface area contributed by atoms with Crippen LogP contribution in [-0.2, 0) is 4.79 Å². The maximum Gasteiger partial charge on any atom is 0.168 e. The van der Waals surface area contributed by atoms with Gasteiger partial charge in [-0.15, -0.1) is 0 Å². The van der Waals surface area contributed by atoms with Gasteiger partial charge in [0.15, 0.2) is 5.78 Å². The molecule has 2 bridgehead atoms. The molecule has 16 heavy (non-hydrogen) atoms. The maximum atomic E-state index is 12.1. The van der Waals surface area contributed by atoms with Crippen LogP contribution in [-0.4, -0.2) is 17.0 Å². The minimum atomic E-state index is -0.708. The Morgan fingerprint density at radius 2 is 2.19 bits per heavy atom. The first-order valence-corrected chi connectivity index (χ1v) is 6.46. The van der Waals surface area contributed by atoms with Crippen LogP contribution in [0.1, 0.15) is 39.0 Å². The van der Waals surface area contributed by atoms with Gasteiger partial charge in [0.2, 0.25) is 0 Å². The van der Waals surface area contributed by atoms with Gasteiger partial charge >= 0.3 is 0 Å². The van der Waals surface area contributed by atoms with E-state index in [1.165, 1.54) is 6.42 Å². The number of carbonyl (C=O) groups is 1. The molecule has 0 aromatic carbocycles. The Hall–Kier alpha value is -0.630. The summed E-state index contributed by atoms with van der Waals surface area (Å²) in [5.41, 5.74) is 1.31. The lowest BCUT2D eigenvalue weighted by molar-refractivity contribution is -0.147. The molecule has 0 heterocycles. The number of hydrogen-bond acceptors (Lipinski definition) is 2. The quantitative estimate of drug-likeness (QED) is 0.636. The number of aliphatic hydroxyl groups is 1. The van der Waals surface area contributed by atoms with E-state index in [1.807, 2.05) is 0 Å². The fraction of sp³-hybridized carbons (Fsp3) is 0.786. The highest BCUT2D eigenvalue weighted by atomic mass is 16.3. The third-order valence-electron chi connectivity index (χ3n) is 5.64. The van der Waals surface area contributed by atoms with Crippen molar-refractivity contribution in [3.63, 3.8) is 0 Å². The van der Waals surface area contributed by atoms with Crippen LogP contribution in [0.2, 0.25) is 0 Å². The summed E-state index contributed by atoms with van der Waals surface area (Å²) in [7, 11) is 0. The Morgan fingerprint density at radius 3 is 2.94 bits per heavy atom. The summed E-state index contributed by atoms with van der Waals surface area (Å²) in [4.78, 5) is 12.1. The Morgan fingerprint density at radius 1 is 1.44 bits per heavy atom. The minimum Gasteiger partial charge on any atom is -0.385 e. The molecule has 3 rings (SSSR count). The smallest absolute Gasteiger partial charge is 0.168 e. The first-order valence-electron chi connectivity index (χ1n) is 6.46. The number of aliphatic hydroxyl groups excluding tert-OH is 1. The van der Waals surface area contributed by atoms with Crippen molar-refractivity contribution >= 4 is 5.78 Å². The lowest BCUT2D eigenvalue weighted by Crippen LogP contribution is -2.53. The first-order chi connectivity index (χ1) is 7.56. The summed E-state index contributed by atoms with van der Waals surface area (Å²) in [5, 5.41) is 10.2. The van der Waals surface area contributed by atoms with Crippen molar-refractivity contribution < 1.29 is 9.90 Å². The highest BCUT2D eigenvalue weighted by molar-refractivity contribution is 5.89. The molecule has 88 valence electrons. The molecule has 1 N–H and O–H groups in total. The van der Waals surface area contributed by atoms with Crippen LogP contribution in [0.25, 0.3) is 0 Å². The number of allylic oxidation sites excluding steroid dienone is 1. The van der Waals surface area contributed by atoms with Crippen LogP contribution in [0.3, 0.4) is 0 Å². The van der Waals surface area contributed by atoms with Crippen LogP contribution in [0.5, 0.6) is 0 Å². The molecule has 1 spiro atoms. The molecule has 0 aromatic rings. The normalized spacial score (nSPS) is 51.6. The Balaban J connectivity index is 2.04. The molecule has 0 radical (unpaired) electrons. The molecular weight excluding hydrogens is 200 g/mol. The van der Waals surface area contributed by atoms with E-state index >= 15 is 0 Å². The second kappa shape index (κ2) is 3.19. The molecule has 3 aliphatic carbocycles. The monoisotopic (exact) mass is 220 g/mol. The Labute approximate surface area is 96.7 Å². The van der Waals surface area contributed by atoms with Gasteiger partial charge in [0.1, 0.15) is 6.10 Å². The van der Waals surface area contributed by atoms with Gasteiger partial charge < -0.3 is 5.11 Å². The molecule has 3 saturated carbocycles. The number of rotatable bonds is 0. The third kappa shape index (κ3) is 1.09. The van der Waals surface area contributed by atoms with Gasteiger partial charge in [-0.2, -0.15) is 0 Å². The largest absolute Gasteiger partial charge is 0.385 e. The molecule has 0 aromatic heterocycles. The van der Waals surface area contributed by atoms with Crippen LogP contribution >= 0.6 is 0 Å². The topological polar surface area (TPSA) is 37.3 Å². The maximum absolute atomic E-state index is 12.1. The van der Waals surface area contributed by atoms with Crippen molar-refractivity contribution in [3.8, 4) is 0 Å². The molecular formula is C14H20O2. The summed E-state index contributed by atoms with van der Waals surface area (Å²) in [6.45, 7) is 6.32. The van der Waals surface area contributed by atoms with E-state index in [0.717, 1.165) is 31.3 Å². The van der Waals surface area contributed by atoms with E-state index < -0.39 is 6.10 Å². The third-order valence-corrected chi connectivity index (χ3v) is 5.64. The Bertz CT molecular complexity index is 360. The zero-order valence-electron chi connectivity index (χ0n) is 9.91. The van der Waals surface area contributed by atoms with Crippen molar-refractivity contribution in [2.75, 3.05) is 0 Å². The molecule has 5 atom stereocenters. The number of carbonyl (C=O) groups excluding carboxylic acids is 1. The molecule has 3 fully saturated rings. The number of ketones is 1. The van der Waals surface area contributed by atoms with Crippen LogP contribution in [0.15, 0.2) is 12.2 Å². The molecule has 0 saturated heterocycles. The standard InChI is InChI=1S/C14H20O2/c1-8-5-6-14-7-10(8)12(15)13(16)11(14)4-3-9(14)2/h9-11,13,16H,1,3-7H2,2H3/t9-,10+,11+,13?,14+/m1/s1. The van der Waals surface area contributed by atoms with E-state index in [0.29, 0.717) is 5.92 Å². The summed E-state index contributed by atoms with van der Waals surface area (Å²) in [6, 6.07) is 0. The van der Waals surface area contributed by atoms with Crippen LogP contribution in [0.4, 0.5) is 0 Å². The van der Waals surface area contributed by atoms with Crippen LogP contribution in [0, 0.1) is 23.2 Å². The molecule has 0 aliphatic heterocycles. The van der Waals surface area contributed by atoms with Crippen molar-refractivity contribution in [1.82, 2.24) is 0 Å². The first kappa shape index (κ1) is 10.5. The van der Waals surface area contributed by atoms with Gasteiger partial charge in [0.25, 0.3) is 0 Å². The van der Waals surface area contributed by atoms with E-state index in [1.54, 1.807) is 0 Å². The fourth-order valence-electron chi connectivity index (χ4n) is 4.53. The predicted octanol–water partition coefficient (Wildman–Crippen LogP) is 2.32. The van der Waals surface area contributed by atoms with E-state index in [9.17, 15) is 9.90 Å². The minimum absolute atomic E-state index is 0.0412. The highest BCUT2D eigenvalue weighted by Crippen LogP contribution is 2.62. The molecule has 2 nitrogen and oxygen atoms in total. The lowest BCUT2D eigenvalue weighted by atomic mass is 9.53. The average molecular weight is 220 g/mol. The fourth-order valence-corrected chi connectivity index (χ4v) is 4.53. The van der Waals surface area contributed by atoms with Gasteiger partial charge in [-0.1, -0.05) is 19.1 Å². The zero-order valence-corrected chi connectivity index (χ0v) is 9.91. The summed E-state index contributed by atoms with van der Waals surface area (Å²) in [6.07, 6.45) is 4.60. The SMILES string of the molecule is C=C1CC[C@@]23C[C@@H]1C(=O)C(O)[C@@H]2CC[C@H]3C. The number of Topliss-reactive ketones (excluding diaryl/α,β-unsaturated/α-hetero) is 1. The van der Waals surface area contributed by atoms with Gasteiger partial charge in [0, 0.05) is 5.92 Å². The van der Waals surface area contributed by atoms with E-state index in [4.69, 9.17) is 0 Å². The lowest BCUT2D eigenvalue weighted by Gasteiger charge is -2.51. The van der Waals surface area contributed by atoms with E-state index in [-0.39, 0.29) is 23.0 Å². The average Bonchev–Trinajstić information content (AvgIpc) is 2.58. The van der Waals surface area contributed by atoms with Crippen molar-refractivity contribution in [2.24, 2.45) is 23.2 Å². The summed E-state index contributed by atoms with van der Waals surface area (Å²) in [5.74, 6) is 0.912. The van der Waals surface area contributed by atoms with Crippen molar-refractivity contribution in [1.29, 1.82) is 0 Å². The Kier molecular flexibility index (Phi) is 2.10. The molecule has 3 aliphatic rings. The zero-order chi connectivity index (χ0) is 11.5. The van der Waals surface area contributed by atoms with Crippen molar-refractivity contribution in [2.45, 2.75) is 45.1 Å². The summed E-state index contributed by atoms with van der Waals surface area (Å²) >= 11 is 0. The van der Waals surface area contributed by atoms with Crippen molar-refractivity contribution in [3.05, 3.63) is 12.2 Å². The molecule has 0 amide bonds. The van der Waals surface area contributed by atoms with Gasteiger partial charge in [-0.25, -0.2) is 0 Å². The number of hydrogen-bond donors (Lipinski definition) is 1. The van der Waals surface area contributed by atoms with Gasteiger partial charge in [-0.3, -0.25) is 4.79 Å². The second-order valence-electron chi connectivity index (χ2n) is 6.08. The molecule has 2 heteroatoms. The summed E-state index contributed by atoms with van der Waals surface area (Å²) < 4.78 is 0. The van der Waals surface area contributed by atoms with Crippen LogP contribution < -0.4 is 0 Å². The van der Waals surface area contributed by atoms with Gasteiger partial charge in [0.05, 0.1) is 0 Å². The number of fused-ring (bicyclic) bond motifs is 1. The molecule has 1 unspecified atom stereocenters.